The largest absolute Gasteiger partial charge is 0.396 e. The Morgan fingerprint density at radius 1 is 1.03 bits per heavy atom. The fourth-order valence-electron chi connectivity index (χ4n) is 4.59. The number of nitrogens with one attached hydrogen (secondary N) is 1. The van der Waals surface area contributed by atoms with Crippen LogP contribution in [0.3, 0.4) is 0 Å². The first kappa shape index (κ1) is 24.4. The number of aliphatic hydroxyl groups excluding tert-OH is 3. The van der Waals surface area contributed by atoms with E-state index in [9.17, 15) is 15.3 Å². The SMILES string of the molecule is Cc1cc([NH2+]c2ncc(-c3nc(-c4ccccc4)cs3)c(N[C@@H]3C[C@H](CO)[C@@H](O)[C@H]3O)n2)cc(C)n1. The van der Waals surface area contributed by atoms with Gasteiger partial charge in [0.25, 0.3) is 0 Å². The second-order valence-electron chi connectivity index (χ2n) is 9.13. The number of aryl methyl sites for hydroxylation is 2. The van der Waals surface area contributed by atoms with Crippen LogP contribution in [0.25, 0.3) is 21.8 Å². The number of rotatable bonds is 7. The Morgan fingerprint density at radius 3 is 2.47 bits per heavy atom. The van der Waals surface area contributed by atoms with Gasteiger partial charge in [-0.05, 0) is 20.3 Å². The molecular formula is C26H29N6O3S+. The van der Waals surface area contributed by atoms with E-state index in [0.717, 1.165) is 33.3 Å². The first-order valence-electron chi connectivity index (χ1n) is 11.8. The zero-order valence-corrected chi connectivity index (χ0v) is 20.9. The first-order valence-corrected chi connectivity index (χ1v) is 12.7. The average molecular weight is 506 g/mol. The summed E-state index contributed by atoms with van der Waals surface area (Å²) in [6.07, 6.45) is 0.115. The number of nitrogens with zero attached hydrogens (tertiary/aromatic N) is 4. The van der Waals surface area contributed by atoms with Crippen molar-refractivity contribution < 1.29 is 20.6 Å². The quantitative estimate of drug-likeness (QED) is 0.258. The molecule has 186 valence electrons. The highest BCUT2D eigenvalue weighted by Crippen LogP contribution is 2.35. The summed E-state index contributed by atoms with van der Waals surface area (Å²) in [5.74, 6) is 0.613. The summed E-state index contributed by atoms with van der Waals surface area (Å²) in [6, 6.07) is 13.4. The molecule has 0 radical (unpaired) electrons. The van der Waals surface area contributed by atoms with Gasteiger partial charge in [0.15, 0.2) is 0 Å². The molecular weight excluding hydrogens is 476 g/mol. The van der Waals surface area contributed by atoms with Gasteiger partial charge in [0, 0.05) is 53.2 Å². The van der Waals surface area contributed by atoms with Crippen molar-refractivity contribution in [1.82, 2.24) is 19.9 Å². The van der Waals surface area contributed by atoms with Crippen LogP contribution in [0.1, 0.15) is 17.8 Å². The molecule has 0 spiro atoms. The molecule has 1 aliphatic carbocycles. The van der Waals surface area contributed by atoms with E-state index in [-0.39, 0.29) is 6.61 Å². The number of pyridine rings is 1. The Hall–Kier alpha value is -3.28. The highest BCUT2D eigenvalue weighted by molar-refractivity contribution is 7.13. The third kappa shape index (κ3) is 5.13. The van der Waals surface area contributed by atoms with Crippen LogP contribution in [0.5, 0.6) is 0 Å². The molecule has 1 aliphatic rings. The van der Waals surface area contributed by atoms with Gasteiger partial charge in [-0.3, -0.25) is 4.98 Å². The Kier molecular flexibility index (Phi) is 7.04. The molecule has 6 N–H and O–H groups in total. The van der Waals surface area contributed by atoms with Gasteiger partial charge in [-0.25, -0.2) is 10.3 Å². The molecule has 0 saturated heterocycles. The second kappa shape index (κ2) is 10.4. The van der Waals surface area contributed by atoms with Gasteiger partial charge in [0.2, 0.25) is 0 Å². The van der Waals surface area contributed by atoms with E-state index in [1.807, 2.05) is 67.0 Å². The fourth-order valence-corrected chi connectivity index (χ4v) is 5.43. The molecule has 0 unspecified atom stereocenters. The molecule has 1 saturated carbocycles. The molecule has 1 aromatic carbocycles. The van der Waals surface area contributed by atoms with E-state index >= 15 is 0 Å². The number of hydrogen-bond acceptors (Lipinski definition) is 9. The molecule has 36 heavy (non-hydrogen) atoms. The van der Waals surface area contributed by atoms with Crippen molar-refractivity contribution in [2.24, 2.45) is 5.92 Å². The highest BCUT2D eigenvalue weighted by atomic mass is 32.1. The van der Waals surface area contributed by atoms with Gasteiger partial charge < -0.3 is 20.6 Å². The van der Waals surface area contributed by atoms with Gasteiger partial charge in [0.1, 0.15) is 22.6 Å². The predicted molar refractivity (Wildman–Crippen MR) is 138 cm³/mol. The van der Waals surface area contributed by atoms with Crippen molar-refractivity contribution in [2.75, 3.05) is 11.9 Å². The monoisotopic (exact) mass is 505 g/mol. The minimum atomic E-state index is -1.03. The van der Waals surface area contributed by atoms with E-state index in [0.29, 0.717) is 23.8 Å². The number of nitrogens with two attached hydrogens (primary N) is 1. The van der Waals surface area contributed by atoms with Crippen molar-refractivity contribution in [3.8, 4) is 21.8 Å². The molecule has 3 aromatic heterocycles. The van der Waals surface area contributed by atoms with Gasteiger partial charge in [-0.2, -0.15) is 9.97 Å². The van der Waals surface area contributed by atoms with E-state index in [1.165, 1.54) is 11.3 Å². The Bertz CT molecular complexity index is 1330. The summed E-state index contributed by atoms with van der Waals surface area (Å²) in [5.41, 5.74) is 5.34. The predicted octanol–water partition coefficient (Wildman–Crippen LogP) is 2.32. The van der Waals surface area contributed by atoms with Crippen molar-refractivity contribution in [3.05, 3.63) is 65.4 Å². The fraction of sp³-hybridized carbons (Fsp3) is 0.308. The van der Waals surface area contributed by atoms with E-state index in [1.54, 1.807) is 6.20 Å². The lowest BCUT2D eigenvalue weighted by Gasteiger charge is -2.19. The Balaban J connectivity index is 1.50. The molecule has 4 atom stereocenters. The summed E-state index contributed by atoms with van der Waals surface area (Å²) < 4.78 is 0. The van der Waals surface area contributed by atoms with Crippen LogP contribution < -0.4 is 10.6 Å². The van der Waals surface area contributed by atoms with E-state index in [4.69, 9.17) is 9.97 Å². The maximum absolute atomic E-state index is 10.6. The molecule has 9 nitrogen and oxygen atoms in total. The molecule has 4 aromatic rings. The summed E-state index contributed by atoms with van der Waals surface area (Å²) in [5, 5.41) is 38.4. The summed E-state index contributed by atoms with van der Waals surface area (Å²) in [4.78, 5) is 18.6. The van der Waals surface area contributed by atoms with Crippen molar-refractivity contribution in [3.63, 3.8) is 0 Å². The molecule has 10 heteroatoms. The lowest BCUT2D eigenvalue weighted by Crippen LogP contribution is -2.72. The molecule has 1 fully saturated rings. The third-order valence-electron chi connectivity index (χ3n) is 6.37. The van der Waals surface area contributed by atoms with Crippen molar-refractivity contribution in [1.29, 1.82) is 0 Å². The summed E-state index contributed by atoms with van der Waals surface area (Å²) >= 11 is 1.49. The number of benzene rings is 1. The average Bonchev–Trinajstić information content (AvgIpc) is 3.45. The van der Waals surface area contributed by atoms with Crippen molar-refractivity contribution >= 4 is 28.8 Å². The number of quaternary nitrogens is 1. The number of aliphatic hydroxyl groups is 3. The van der Waals surface area contributed by atoms with Crippen LogP contribution >= 0.6 is 11.3 Å². The zero-order valence-electron chi connectivity index (χ0n) is 20.0. The first-order chi connectivity index (χ1) is 17.4. The molecule has 0 aliphatic heterocycles. The maximum Gasteiger partial charge on any atom is 0.332 e. The van der Waals surface area contributed by atoms with Crippen LogP contribution in [0.4, 0.5) is 17.5 Å². The summed E-state index contributed by atoms with van der Waals surface area (Å²) in [6.45, 7) is 3.69. The number of hydrogen-bond donors (Lipinski definition) is 5. The number of thiazole rings is 1. The van der Waals surface area contributed by atoms with Gasteiger partial charge in [-0.15, -0.1) is 11.3 Å². The maximum atomic E-state index is 10.6. The van der Waals surface area contributed by atoms with Crippen LogP contribution in [0, 0.1) is 19.8 Å². The van der Waals surface area contributed by atoms with Gasteiger partial charge in [0.05, 0.1) is 23.4 Å². The molecule has 5 rings (SSSR count). The smallest absolute Gasteiger partial charge is 0.332 e. The van der Waals surface area contributed by atoms with Crippen LogP contribution in [-0.2, 0) is 0 Å². The summed E-state index contributed by atoms with van der Waals surface area (Å²) in [7, 11) is 0. The van der Waals surface area contributed by atoms with Crippen LogP contribution in [0.15, 0.2) is 54.0 Å². The van der Waals surface area contributed by atoms with Crippen LogP contribution in [-0.4, -0.2) is 60.1 Å². The second-order valence-corrected chi connectivity index (χ2v) is 9.99. The minimum absolute atomic E-state index is 0.195. The molecule has 3 heterocycles. The molecule has 0 bridgehead atoms. The standard InChI is InChI=1S/C26H28N6O3S/c1-14-8-18(9-15(2)28-14)29-26-27-11-19(25-31-21(13-36-25)16-6-4-3-5-7-16)24(32-26)30-20-10-17(12-33)22(34)23(20)35/h3-9,11,13,17,20,22-23,33-35H,10,12H2,1-2H3,(H2,27,28,29,30,32)/p+1/t17-,20-,22-,23+/m1/s1. The Morgan fingerprint density at radius 2 is 1.78 bits per heavy atom. The number of anilines is 1. The van der Waals surface area contributed by atoms with Gasteiger partial charge in [-0.1, -0.05) is 30.3 Å². The van der Waals surface area contributed by atoms with Gasteiger partial charge >= 0.3 is 5.95 Å². The highest BCUT2D eigenvalue weighted by Gasteiger charge is 2.41. The third-order valence-corrected chi connectivity index (χ3v) is 7.25. The van der Waals surface area contributed by atoms with Crippen molar-refractivity contribution in [2.45, 2.75) is 38.5 Å². The topological polar surface area (TPSA) is 141 Å². The van der Waals surface area contributed by atoms with E-state index < -0.39 is 24.2 Å². The Labute approximate surface area is 213 Å². The van der Waals surface area contributed by atoms with Crippen LogP contribution in [0.2, 0.25) is 0 Å². The minimum Gasteiger partial charge on any atom is -0.396 e. The number of aromatic nitrogens is 4. The molecule has 0 amide bonds. The lowest BCUT2D eigenvalue weighted by molar-refractivity contribution is -0.487. The van der Waals surface area contributed by atoms with E-state index in [2.05, 4.69) is 15.3 Å². The zero-order chi connectivity index (χ0) is 25.2. The normalized spacial score (nSPS) is 21.6. The lowest BCUT2D eigenvalue weighted by atomic mass is 10.1.